The average molecular weight is 393 g/mol. The van der Waals surface area contributed by atoms with Crippen molar-refractivity contribution in [1.29, 1.82) is 0 Å². The van der Waals surface area contributed by atoms with Gasteiger partial charge in [-0.05, 0) is 42.8 Å². The lowest BCUT2D eigenvalue weighted by molar-refractivity contribution is -0.384. The van der Waals surface area contributed by atoms with Gasteiger partial charge in [0.2, 0.25) is 6.79 Å². The van der Waals surface area contributed by atoms with Crippen molar-refractivity contribution < 1.29 is 23.6 Å². The molecule has 0 atom stereocenters. The number of nitrogens with one attached hydrogen (secondary N) is 1. The Kier molecular flexibility index (Phi) is 4.70. The van der Waals surface area contributed by atoms with Crippen LogP contribution in [0.5, 0.6) is 11.5 Å². The average Bonchev–Trinajstić information content (AvgIpc) is 3.36. The molecule has 0 fully saturated rings. The van der Waals surface area contributed by atoms with Crippen LogP contribution in [-0.4, -0.2) is 23.8 Å². The van der Waals surface area contributed by atoms with Crippen LogP contribution < -0.4 is 14.9 Å². The maximum absolute atomic E-state index is 12.2. The molecule has 146 valence electrons. The van der Waals surface area contributed by atoms with E-state index in [2.05, 4.69) is 10.5 Å². The standard InChI is InChI=1S/C20H15N3O6/c1-12-2-4-14(23(25)26)9-16(12)17-7-5-15(29-17)10-21-22-20(24)13-3-6-18-19(8-13)28-11-27-18/h2-10H,11H2,1H3,(H,22,24)/b21-10+. The number of hydrazone groups is 1. The van der Waals surface area contributed by atoms with Crippen molar-refractivity contribution in [3.8, 4) is 22.8 Å². The van der Waals surface area contributed by atoms with Crippen LogP contribution >= 0.6 is 0 Å². The molecule has 1 aliphatic rings. The summed E-state index contributed by atoms with van der Waals surface area (Å²) in [5.74, 6) is 1.53. The number of non-ortho nitro benzene ring substituents is 1. The van der Waals surface area contributed by atoms with Crippen LogP contribution in [0.1, 0.15) is 21.7 Å². The molecule has 1 amide bonds. The number of rotatable bonds is 5. The minimum absolute atomic E-state index is 0.0202. The van der Waals surface area contributed by atoms with Gasteiger partial charge in [0.05, 0.1) is 11.1 Å². The van der Waals surface area contributed by atoms with Crippen molar-refractivity contribution in [3.05, 3.63) is 75.5 Å². The summed E-state index contributed by atoms with van der Waals surface area (Å²) in [5.41, 5.74) is 4.21. The van der Waals surface area contributed by atoms with Crippen LogP contribution in [0.25, 0.3) is 11.3 Å². The normalized spacial score (nSPS) is 12.3. The quantitative estimate of drug-likeness (QED) is 0.402. The van der Waals surface area contributed by atoms with Crippen LogP contribution in [0.4, 0.5) is 5.69 Å². The van der Waals surface area contributed by atoms with Crippen molar-refractivity contribution in [2.45, 2.75) is 6.92 Å². The number of carbonyl (C=O) groups is 1. The fourth-order valence-corrected chi connectivity index (χ4v) is 2.81. The molecule has 0 bridgehead atoms. The second-order valence-corrected chi connectivity index (χ2v) is 6.23. The zero-order chi connectivity index (χ0) is 20.4. The highest BCUT2D eigenvalue weighted by Crippen LogP contribution is 2.32. The Bertz CT molecular complexity index is 1130. The SMILES string of the molecule is Cc1ccc([N+](=O)[O-])cc1-c1ccc(/C=N/NC(=O)c2ccc3c(c2)OCO3)o1. The van der Waals surface area contributed by atoms with Crippen molar-refractivity contribution in [2.75, 3.05) is 6.79 Å². The second kappa shape index (κ2) is 7.47. The summed E-state index contributed by atoms with van der Waals surface area (Å²) in [4.78, 5) is 22.7. The number of ether oxygens (including phenoxy) is 2. The van der Waals surface area contributed by atoms with Gasteiger partial charge in [-0.3, -0.25) is 14.9 Å². The van der Waals surface area contributed by atoms with Crippen LogP contribution in [0.3, 0.4) is 0 Å². The van der Waals surface area contributed by atoms with E-state index in [0.717, 1.165) is 5.56 Å². The molecule has 0 saturated carbocycles. The number of furan rings is 1. The number of aryl methyl sites for hydroxylation is 1. The molecule has 1 aromatic heterocycles. The molecule has 1 aliphatic heterocycles. The lowest BCUT2D eigenvalue weighted by atomic mass is 10.1. The molecule has 0 unspecified atom stereocenters. The van der Waals surface area contributed by atoms with E-state index in [1.165, 1.54) is 18.3 Å². The zero-order valence-electron chi connectivity index (χ0n) is 15.2. The monoisotopic (exact) mass is 393 g/mol. The first kappa shape index (κ1) is 18.2. The van der Waals surface area contributed by atoms with Gasteiger partial charge in [-0.15, -0.1) is 0 Å². The third-order valence-corrected chi connectivity index (χ3v) is 4.32. The number of nitro benzene ring substituents is 1. The summed E-state index contributed by atoms with van der Waals surface area (Å²) in [7, 11) is 0. The van der Waals surface area contributed by atoms with Crippen LogP contribution in [0.2, 0.25) is 0 Å². The summed E-state index contributed by atoms with van der Waals surface area (Å²) in [6, 6.07) is 12.7. The molecule has 29 heavy (non-hydrogen) atoms. The van der Waals surface area contributed by atoms with Crippen molar-refractivity contribution in [2.24, 2.45) is 5.10 Å². The zero-order valence-corrected chi connectivity index (χ0v) is 15.2. The van der Waals surface area contributed by atoms with Gasteiger partial charge >= 0.3 is 0 Å². The molecule has 9 nitrogen and oxygen atoms in total. The van der Waals surface area contributed by atoms with Crippen molar-refractivity contribution >= 4 is 17.8 Å². The third kappa shape index (κ3) is 3.79. The molecule has 0 spiro atoms. The summed E-state index contributed by atoms with van der Waals surface area (Å²) in [6.07, 6.45) is 1.35. The Balaban J connectivity index is 1.45. The number of hydrogen-bond donors (Lipinski definition) is 1. The van der Waals surface area contributed by atoms with Crippen LogP contribution in [0.15, 0.2) is 58.0 Å². The number of carbonyl (C=O) groups excluding carboxylic acids is 1. The number of amides is 1. The maximum atomic E-state index is 12.2. The summed E-state index contributed by atoms with van der Waals surface area (Å²) in [5, 5.41) is 14.9. The fourth-order valence-electron chi connectivity index (χ4n) is 2.81. The van der Waals surface area contributed by atoms with Gasteiger partial charge in [-0.2, -0.15) is 5.10 Å². The van der Waals surface area contributed by atoms with E-state index in [1.54, 1.807) is 36.4 Å². The number of benzene rings is 2. The number of hydrogen-bond acceptors (Lipinski definition) is 7. The molecule has 4 rings (SSSR count). The molecule has 9 heteroatoms. The molecule has 0 radical (unpaired) electrons. The van der Waals surface area contributed by atoms with Crippen molar-refractivity contribution in [1.82, 2.24) is 5.43 Å². The summed E-state index contributed by atoms with van der Waals surface area (Å²) >= 11 is 0. The molecule has 2 heterocycles. The van der Waals surface area contributed by atoms with E-state index >= 15 is 0 Å². The van der Waals surface area contributed by atoms with Crippen molar-refractivity contribution in [3.63, 3.8) is 0 Å². The Morgan fingerprint density at radius 2 is 1.97 bits per heavy atom. The van der Waals surface area contributed by atoms with Gasteiger partial charge in [0, 0.05) is 23.3 Å². The highest BCUT2D eigenvalue weighted by atomic mass is 16.7. The van der Waals surface area contributed by atoms with Gasteiger partial charge < -0.3 is 13.9 Å². The molecular weight excluding hydrogens is 378 g/mol. The first-order chi connectivity index (χ1) is 14.0. The number of nitrogens with zero attached hydrogens (tertiary/aromatic N) is 2. The minimum Gasteiger partial charge on any atom is -0.455 e. The third-order valence-electron chi connectivity index (χ3n) is 4.32. The Hall–Kier alpha value is -4.14. The lowest BCUT2D eigenvalue weighted by Crippen LogP contribution is -2.17. The molecular formula is C20H15N3O6. The highest BCUT2D eigenvalue weighted by molar-refractivity contribution is 5.95. The highest BCUT2D eigenvalue weighted by Gasteiger charge is 2.16. The van der Waals surface area contributed by atoms with E-state index in [-0.39, 0.29) is 12.5 Å². The molecule has 0 aliphatic carbocycles. The Labute approximate surface area is 164 Å². The Morgan fingerprint density at radius 3 is 2.79 bits per heavy atom. The summed E-state index contributed by atoms with van der Waals surface area (Å²) in [6.45, 7) is 1.96. The van der Waals surface area contributed by atoms with Gasteiger partial charge in [-0.1, -0.05) is 6.07 Å². The van der Waals surface area contributed by atoms with Crippen LogP contribution in [-0.2, 0) is 0 Å². The topological polar surface area (TPSA) is 116 Å². The largest absolute Gasteiger partial charge is 0.455 e. The molecule has 0 saturated heterocycles. The molecule has 3 aromatic rings. The molecule has 1 N–H and O–H groups in total. The number of nitro groups is 1. The van der Waals surface area contributed by atoms with E-state index in [9.17, 15) is 14.9 Å². The predicted octanol–water partition coefficient (Wildman–Crippen LogP) is 3.66. The van der Waals surface area contributed by atoms with E-state index < -0.39 is 10.8 Å². The van der Waals surface area contributed by atoms with E-state index in [0.29, 0.717) is 34.1 Å². The lowest BCUT2D eigenvalue weighted by Gasteiger charge is -2.02. The first-order valence-electron chi connectivity index (χ1n) is 8.59. The van der Waals surface area contributed by atoms with Gasteiger partial charge in [0.1, 0.15) is 11.5 Å². The summed E-state index contributed by atoms with van der Waals surface area (Å²) < 4.78 is 16.1. The number of fused-ring (bicyclic) bond motifs is 1. The smallest absolute Gasteiger partial charge is 0.271 e. The van der Waals surface area contributed by atoms with E-state index in [1.807, 2.05) is 6.92 Å². The maximum Gasteiger partial charge on any atom is 0.271 e. The minimum atomic E-state index is -0.458. The second-order valence-electron chi connectivity index (χ2n) is 6.23. The van der Waals surface area contributed by atoms with Gasteiger partial charge in [-0.25, -0.2) is 5.43 Å². The fraction of sp³-hybridized carbons (Fsp3) is 0.100. The Morgan fingerprint density at radius 1 is 1.14 bits per heavy atom. The van der Waals surface area contributed by atoms with Gasteiger partial charge in [0.25, 0.3) is 11.6 Å². The van der Waals surface area contributed by atoms with E-state index in [4.69, 9.17) is 13.9 Å². The predicted molar refractivity (Wildman–Crippen MR) is 103 cm³/mol. The van der Waals surface area contributed by atoms with Gasteiger partial charge in [0.15, 0.2) is 11.5 Å². The first-order valence-corrected chi connectivity index (χ1v) is 8.59. The van der Waals surface area contributed by atoms with Crippen LogP contribution in [0, 0.1) is 17.0 Å². The molecule has 2 aromatic carbocycles.